The molecule has 0 fully saturated rings. The summed E-state index contributed by atoms with van der Waals surface area (Å²) in [4.78, 5) is 15.4. The fourth-order valence-corrected chi connectivity index (χ4v) is 1.60. The summed E-state index contributed by atoms with van der Waals surface area (Å²) < 4.78 is 0. The molecule has 5 nitrogen and oxygen atoms in total. The van der Waals surface area contributed by atoms with Crippen LogP contribution in [0.25, 0.3) is 6.08 Å². The highest BCUT2D eigenvalue weighted by Crippen LogP contribution is 2.12. The Hall–Kier alpha value is -2.43. The maximum atomic E-state index is 11.6. The molecular weight excluding hydrogens is 228 g/mol. The Morgan fingerprint density at radius 3 is 2.89 bits per heavy atom. The van der Waals surface area contributed by atoms with Crippen LogP contribution in [0.5, 0.6) is 0 Å². The van der Waals surface area contributed by atoms with Gasteiger partial charge in [0.05, 0.1) is 0 Å². The highest BCUT2D eigenvalue weighted by Gasteiger charge is 2.00. The Balaban J connectivity index is 2.04. The minimum absolute atomic E-state index is 0.244. The number of rotatable bonds is 3. The number of aromatic amines is 1. The lowest BCUT2D eigenvalue weighted by Gasteiger charge is -2.01. The quantitative estimate of drug-likeness (QED) is 0.809. The molecule has 0 saturated carbocycles. The minimum Gasteiger partial charge on any atom is -0.291 e. The molecule has 0 saturated heterocycles. The number of anilines is 1. The van der Waals surface area contributed by atoms with Crippen LogP contribution in [0.15, 0.2) is 30.6 Å². The van der Waals surface area contributed by atoms with Crippen molar-refractivity contribution >= 4 is 17.9 Å². The second-order valence-electron chi connectivity index (χ2n) is 4.02. The van der Waals surface area contributed by atoms with E-state index >= 15 is 0 Å². The number of amides is 1. The van der Waals surface area contributed by atoms with Crippen molar-refractivity contribution in [3.8, 4) is 0 Å². The lowest BCUT2D eigenvalue weighted by atomic mass is 10.1. The van der Waals surface area contributed by atoms with Crippen molar-refractivity contribution in [3.63, 3.8) is 0 Å². The number of hydrogen-bond acceptors (Lipinski definition) is 3. The second kappa shape index (κ2) is 5.27. The van der Waals surface area contributed by atoms with Gasteiger partial charge in [-0.3, -0.25) is 10.1 Å². The number of carbonyl (C=O) groups is 1. The Morgan fingerprint density at radius 1 is 1.39 bits per heavy atom. The first-order valence-electron chi connectivity index (χ1n) is 5.57. The van der Waals surface area contributed by atoms with E-state index in [0.717, 1.165) is 11.1 Å². The molecule has 0 aliphatic rings. The van der Waals surface area contributed by atoms with Gasteiger partial charge in [0.15, 0.2) is 0 Å². The molecule has 0 aliphatic heterocycles. The van der Waals surface area contributed by atoms with Crippen LogP contribution >= 0.6 is 0 Å². The fourth-order valence-electron chi connectivity index (χ4n) is 1.60. The summed E-state index contributed by atoms with van der Waals surface area (Å²) in [5.74, 6) is 0.0944. The zero-order chi connectivity index (χ0) is 13.0. The van der Waals surface area contributed by atoms with E-state index in [1.807, 2.05) is 26.0 Å². The van der Waals surface area contributed by atoms with E-state index < -0.39 is 0 Å². The van der Waals surface area contributed by atoms with Gasteiger partial charge < -0.3 is 0 Å². The highest BCUT2D eigenvalue weighted by molar-refractivity contribution is 6.00. The monoisotopic (exact) mass is 242 g/mol. The molecule has 18 heavy (non-hydrogen) atoms. The van der Waals surface area contributed by atoms with E-state index in [9.17, 15) is 4.79 Å². The predicted molar refractivity (Wildman–Crippen MR) is 70.0 cm³/mol. The van der Waals surface area contributed by atoms with E-state index in [1.54, 1.807) is 6.08 Å². The molecule has 1 aromatic carbocycles. The molecular formula is C13H14N4O. The first-order chi connectivity index (χ1) is 8.65. The summed E-state index contributed by atoms with van der Waals surface area (Å²) >= 11 is 0. The first-order valence-corrected chi connectivity index (χ1v) is 5.57. The number of aromatic nitrogens is 3. The van der Waals surface area contributed by atoms with Crippen molar-refractivity contribution in [3.05, 3.63) is 47.3 Å². The van der Waals surface area contributed by atoms with Crippen LogP contribution in [0, 0.1) is 13.8 Å². The second-order valence-corrected chi connectivity index (χ2v) is 4.02. The van der Waals surface area contributed by atoms with Gasteiger partial charge in [-0.1, -0.05) is 23.8 Å². The maximum Gasteiger partial charge on any atom is 0.250 e. The Bertz CT molecular complexity index is 573. The zero-order valence-corrected chi connectivity index (χ0v) is 10.3. The van der Waals surface area contributed by atoms with Gasteiger partial charge in [0, 0.05) is 6.08 Å². The van der Waals surface area contributed by atoms with Crippen molar-refractivity contribution in [1.29, 1.82) is 0 Å². The summed E-state index contributed by atoms with van der Waals surface area (Å²) in [6, 6.07) is 6.08. The molecule has 0 aliphatic carbocycles. The van der Waals surface area contributed by atoms with Crippen LogP contribution in [-0.2, 0) is 4.79 Å². The third-order valence-electron chi connectivity index (χ3n) is 2.50. The first kappa shape index (κ1) is 12.0. The Labute approximate surface area is 105 Å². The Kier molecular flexibility index (Phi) is 3.52. The molecule has 0 bridgehead atoms. The molecule has 1 aromatic heterocycles. The third kappa shape index (κ3) is 3.04. The normalized spacial score (nSPS) is 10.8. The van der Waals surface area contributed by atoms with E-state index in [1.165, 1.54) is 18.0 Å². The van der Waals surface area contributed by atoms with Gasteiger partial charge in [-0.15, -0.1) is 0 Å². The number of aryl methyl sites for hydroxylation is 2. The smallest absolute Gasteiger partial charge is 0.250 e. The van der Waals surface area contributed by atoms with E-state index in [2.05, 4.69) is 26.6 Å². The summed E-state index contributed by atoms with van der Waals surface area (Å²) in [5.41, 5.74) is 3.36. The van der Waals surface area contributed by atoms with Crippen LogP contribution in [0.4, 0.5) is 5.95 Å². The molecule has 0 radical (unpaired) electrons. The molecule has 2 aromatic rings. The standard InChI is InChI=1S/C13H14N4O/c1-9-3-4-11(10(2)7-9)5-6-12(18)16-13-14-8-15-17-13/h3-8H,1-2H3,(H2,14,15,16,17,18). The van der Waals surface area contributed by atoms with Crippen molar-refractivity contribution in [2.45, 2.75) is 13.8 Å². The number of benzene rings is 1. The average molecular weight is 242 g/mol. The molecule has 0 spiro atoms. The van der Waals surface area contributed by atoms with Crippen LogP contribution in [0.1, 0.15) is 16.7 Å². The zero-order valence-electron chi connectivity index (χ0n) is 10.3. The molecule has 2 rings (SSSR count). The fraction of sp³-hybridized carbons (Fsp3) is 0.154. The number of H-pyrrole nitrogens is 1. The summed E-state index contributed by atoms with van der Waals surface area (Å²) in [6.45, 7) is 4.05. The van der Waals surface area contributed by atoms with E-state index in [0.29, 0.717) is 5.95 Å². The molecule has 1 amide bonds. The molecule has 0 atom stereocenters. The van der Waals surface area contributed by atoms with E-state index in [4.69, 9.17) is 0 Å². The van der Waals surface area contributed by atoms with Gasteiger partial charge in [0.2, 0.25) is 5.95 Å². The predicted octanol–water partition coefficient (Wildman–Crippen LogP) is 2.07. The van der Waals surface area contributed by atoms with Crippen molar-refractivity contribution in [2.24, 2.45) is 0 Å². The molecule has 5 heteroatoms. The van der Waals surface area contributed by atoms with Gasteiger partial charge in [-0.25, -0.2) is 5.10 Å². The van der Waals surface area contributed by atoms with Crippen LogP contribution in [0.2, 0.25) is 0 Å². The van der Waals surface area contributed by atoms with Gasteiger partial charge in [0.25, 0.3) is 5.91 Å². The largest absolute Gasteiger partial charge is 0.291 e. The third-order valence-corrected chi connectivity index (χ3v) is 2.50. The highest BCUT2D eigenvalue weighted by atomic mass is 16.1. The summed E-state index contributed by atoms with van der Waals surface area (Å²) in [7, 11) is 0. The van der Waals surface area contributed by atoms with Crippen LogP contribution in [0.3, 0.4) is 0 Å². The molecule has 92 valence electrons. The lowest BCUT2D eigenvalue weighted by Crippen LogP contribution is -2.09. The lowest BCUT2D eigenvalue weighted by molar-refractivity contribution is -0.111. The van der Waals surface area contributed by atoms with Crippen molar-refractivity contribution < 1.29 is 4.79 Å². The molecule has 1 heterocycles. The summed E-state index contributed by atoms with van der Waals surface area (Å²) in [6.07, 6.45) is 4.59. The van der Waals surface area contributed by atoms with Crippen molar-refractivity contribution in [1.82, 2.24) is 15.2 Å². The number of nitrogens with zero attached hydrogens (tertiary/aromatic N) is 2. The molecule has 2 N–H and O–H groups in total. The Morgan fingerprint density at radius 2 is 2.22 bits per heavy atom. The molecule has 0 unspecified atom stereocenters. The van der Waals surface area contributed by atoms with Gasteiger partial charge in [-0.2, -0.15) is 10.1 Å². The average Bonchev–Trinajstić information content (AvgIpc) is 2.80. The van der Waals surface area contributed by atoms with Crippen molar-refractivity contribution in [2.75, 3.05) is 5.32 Å². The van der Waals surface area contributed by atoms with E-state index in [-0.39, 0.29) is 5.91 Å². The topological polar surface area (TPSA) is 70.7 Å². The van der Waals surface area contributed by atoms with Gasteiger partial charge >= 0.3 is 0 Å². The maximum absolute atomic E-state index is 11.6. The van der Waals surface area contributed by atoms with Gasteiger partial charge in [-0.05, 0) is 31.1 Å². The minimum atomic E-state index is -0.244. The van der Waals surface area contributed by atoms with Crippen LogP contribution < -0.4 is 5.32 Å². The number of nitrogens with one attached hydrogen (secondary N) is 2. The summed E-state index contributed by atoms with van der Waals surface area (Å²) in [5, 5.41) is 8.77. The number of carbonyl (C=O) groups excluding carboxylic acids is 1. The van der Waals surface area contributed by atoms with Crippen LogP contribution in [-0.4, -0.2) is 21.1 Å². The number of hydrogen-bond donors (Lipinski definition) is 2. The van der Waals surface area contributed by atoms with Gasteiger partial charge in [0.1, 0.15) is 6.33 Å². The SMILES string of the molecule is Cc1ccc(C=CC(=O)Nc2ncn[nH]2)c(C)c1.